The van der Waals surface area contributed by atoms with Gasteiger partial charge in [0.1, 0.15) is 6.04 Å². The molecule has 0 spiro atoms. The Balaban J connectivity index is 1.19. The maximum absolute atomic E-state index is 13.2. The number of nitrogens with two attached hydrogens (primary N) is 1. The van der Waals surface area contributed by atoms with Crippen LogP contribution in [0.4, 0.5) is 5.69 Å². The first-order chi connectivity index (χ1) is 17.9. The minimum atomic E-state index is -0.996. The van der Waals surface area contributed by atoms with E-state index < -0.39 is 29.7 Å². The summed E-state index contributed by atoms with van der Waals surface area (Å²) in [6, 6.07) is 4.27. The van der Waals surface area contributed by atoms with Crippen LogP contribution >= 0.6 is 0 Å². The van der Waals surface area contributed by atoms with E-state index in [4.69, 9.17) is 10.7 Å². The van der Waals surface area contributed by atoms with Gasteiger partial charge in [0.15, 0.2) is 0 Å². The lowest BCUT2D eigenvalue weighted by molar-refractivity contribution is -0.136. The number of hydrogen-bond acceptors (Lipinski definition) is 8. The summed E-state index contributed by atoms with van der Waals surface area (Å²) in [6.07, 6.45) is 9.68. The van der Waals surface area contributed by atoms with Gasteiger partial charge >= 0.3 is 0 Å². The molecule has 3 fully saturated rings. The number of rotatable bonds is 8. The van der Waals surface area contributed by atoms with Crippen LogP contribution in [0.5, 0.6) is 0 Å². The molecule has 3 aliphatic heterocycles. The van der Waals surface area contributed by atoms with Crippen molar-refractivity contribution in [1.29, 1.82) is 0 Å². The standard InChI is InChI=1S/C27H34N6O4/c28-13-18(14-29-19-9-11-32(12-10-19)16-17-3-1-4-17)15-30-21-6-2-5-20-24(21)27(37)33(26(20)36)22-7-8-23(34)31-25(22)35/h2,5-6,13-14,17,19,22,30H,1,3-4,7-12,15-16,28H2,(H,31,34,35)/b18-13+,29-14?. The quantitative estimate of drug-likeness (QED) is 0.360. The molecule has 10 nitrogen and oxygen atoms in total. The molecule has 4 amide bonds. The molecule has 1 atom stereocenters. The third kappa shape index (κ3) is 5.29. The lowest BCUT2D eigenvalue weighted by atomic mass is 9.84. The first-order valence-corrected chi connectivity index (χ1v) is 13.2. The van der Waals surface area contributed by atoms with Gasteiger partial charge < -0.3 is 16.0 Å². The van der Waals surface area contributed by atoms with E-state index in [1.807, 2.05) is 0 Å². The SMILES string of the molecule is N/C=C(\C=NC1CCN(CC2CCC2)CC1)CNc1cccc2c1C(=O)N(C1CCC(=O)NC1=O)C2=O. The number of aliphatic imine (C=N–C) groups is 1. The summed E-state index contributed by atoms with van der Waals surface area (Å²) in [5.74, 6) is -1.22. The second kappa shape index (κ2) is 10.8. The van der Waals surface area contributed by atoms with Crippen molar-refractivity contribution < 1.29 is 19.2 Å². The maximum atomic E-state index is 13.2. The van der Waals surface area contributed by atoms with Gasteiger partial charge in [-0.1, -0.05) is 12.5 Å². The van der Waals surface area contributed by atoms with Gasteiger partial charge in [-0.25, -0.2) is 0 Å². The fourth-order valence-corrected chi connectivity index (χ4v) is 5.50. The second-order valence-electron chi connectivity index (χ2n) is 10.4. The fourth-order valence-electron chi connectivity index (χ4n) is 5.50. The number of amides is 4. The Morgan fingerprint density at radius 1 is 1.08 bits per heavy atom. The van der Waals surface area contributed by atoms with E-state index in [2.05, 4.69) is 15.5 Å². The average molecular weight is 507 g/mol. The first-order valence-electron chi connectivity index (χ1n) is 13.2. The zero-order valence-electron chi connectivity index (χ0n) is 20.9. The summed E-state index contributed by atoms with van der Waals surface area (Å²) in [4.78, 5) is 58.4. The van der Waals surface area contributed by atoms with E-state index in [9.17, 15) is 19.2 Å². The van der Waals surface area contributed by atoms with Crippen molar-refractivity contribution in [2.45, 2.75) is 57.0 Å². The van der Waals surface area contributed by atoms with E-state index in [1.54, 1.807) is 24.4 Å². The van der Waals surface area contributed by atoms with E-state index in [0.717, 1.165) is 42.3 Å². The molecular weight excluding hydrogens is 472 g/mol. The third-order valence-corrected chi connectivity index (χ3v) is 7.91. The van der Waals surface area contributed by atoms with Crippen molar-refractivity contribution in [1.82, 2.24) is 15.1 Å². The average Bonchev–Trinajstić information content (AvgIpc) is 3.13. The van der Waals surface area contributed by atoms with Gasteiger partial charge in [0.25, 0.3) is 11.8 Å². The van der Waals surface area contributed by atoms with Gasteiger partial charge in [0.05, 0.1) is 17.2 Å². The highest BCUT2D eigenvalue weighted by atomic mass is 16.2. The van der Waals surface area contributed by atoms with Crippen LogP contribution in [0.1, 0.15) is 65.7 Å². The van der Waals surface area contributed by atoms with Crippen molar-refractivity contribution >= 4 is 35.5 Å². The van der Waals surface area contributed by atoms with E-state index in [-0.39, 0.29) is 30.0 Å². The van der Waals surface area contributed by atoms with Gasteiger partial charge in [0, 0.05) is 56.3 Å². The molecule has 1 aromatic rings. The normalized spacial score (nSPS) is 23.9. The molecule has 1 saturated carbocycles. The van der Waals surface area contributed by atoms with Crippen LogP contribution in [0.3, 0.4) is 0 Å². The van der Waals surface area contributed by atoms with Crippen LogP contribution in [0.25, 0.3) is 0 Å². The Morgan fingerprint density at radius 3 is 2.54 bits per heavy atom. The number of carbonyl (C=O) groups excluding carboxylic acids is 4. The number of piperidine rings is 2. The summed E-state index contributed by atoms with van der Waals surface area (Å²) >= 11 is 0. The number of hydrogen-bond donors (Lipinski definition) is 3. The molecule has 0 aromatic heterocycles. The van der Waals surface area contributed by atoms with Crippen molar-refractivity contribution in [2.75, 3.05) is 31.5 Å². The highest BCUT2D eigenvalue weighted by Gasteiger charge is 2.45. The molecule has 5 rings (SSSR count). The topological polar surface area (TPSA) is 137 Å². The molecule has 3 heterocycles. The molecule has 0 radical (unpaired) electrons. The summed E-state index contributed by atoms with van der Waals surface area (Å²) in [6.45, 7) is 3.71. The van der Waals surface area contributed by atoms with Gasteiger partial charge in [-0.15, -0.1) is 0 Å². The van der Waals surface area contributed by atoms with Crippen LogP contribution in [0, 0.1) is 5.92 Å². The van der Waals surface area contributed by atoms with Gasteiger partial charge in [-0.2, -0.15) is 0 Å². The Bertz CT molecular complexity index is 1150. The first kappa shape index (κ1) is 25.1. The lowest BCUT2D eigenvalue weighted by Gasteiger charge is -2.36. The number of carbonyl (C=O) groups is 4. The Labute approximate surface area is 216 Å². The van der Waals surface area contributed by atoms with Crippen LogP contribution in [0.15, 0.2) is 35.0 Å². The molecule has 1 unspecified atom stereocenters. The number of benzene rings is 1. The fraction of sp³-hybridized carbons (Fsp3) is 0.519. The predicted octanol–water partition coefficient (Wildman–Crippen LogP) is 1.68. The molecule has 2 saturated heterocycles. The molecule has 1 aromatic carbocycles. The largest absolute Gasteiger partial charge is 0.404 e. The number of anilines is 1. The van der Waals surface area contributed by atoms with Crippen molar-refractivity contribution in [2.24, 2.45) is 16.6 Å². The predicted molar refractivity (Wildman–Crippen MR) is 139 cm³/mol. The summed E-state index contributed by atoms with van der Waals surface area (Å²) in [5, 5.41) is 5.43. The summed E-state index contributed by atoms with van der Waals surface area (Å²) in [7, 11) is 0. The lowest BCUT2D eigenvalue weighted by Crippen LogP contribution is -2.54. The zero-order chi connectivity index (χ0) is 25.9. The van der Waals surface area contributed by atoms with Crippen molar-refractivity contribution in [3.05, 3.63) is 41.1 Å². The van der Waals surface area contributed by atoms with Crippen LogP contribution in [0.2, 0.25) is 0 Å². The van der Waals surface area contributed by atoms with E-state index in [0.29, 0.717) is 12.2 Å². The van der Waals surface area contributed by atoms with Crippen LogP contribution in [-0.2, 0) is 9.59 Å². The molecule has 10 heteroatoms. The molecule has 196 valence electrons. The Kier molecular flexibility index (Phi) is 7.36. The molecule has 4 aliphatic rings. The van der Waals surface area contributed by atoms with Crippen molar-refractivity contribution in [3.63, 3.8) is 0 Å². The highest BCUT2D eigenvalue weighted by Crippen LogP contribution is 2.32. The molecule has 37 heavy (non-hydrogen) atoms. The number of nitrogens with one attached hydrogen (secondary N) is 2. The third-order valence-electron chi connectivity index (χ3n) is 7.91. The smallest absolute Gasteiger partial charge is 0.264 e. The maximum Gasteiger partial charge on any atom is 0.264 e. The number of imide groups is 2. The minimum absolute atomic E-state index is 0.0818. The monoisotopic (exact) mass is 506 g/mol. The van der Waals surface area contributed by atoms with E-state index in [1.165, 1.54) is 32.0 Å². The van der Waals surface area contributed by atoms with Gasteiger partial charge in [-0.3, -0.25) is 34.4 Å². The van der Waals surface area contributed by atoms with Crippen LogP contribution < -0.4 is 16.4 Å². The number of fused-ring (bicyclic) bond motifs is 1. The summed E-state index contributed by atoms with van der Waals surface area (Å²) < 4.78 is 0. The Hall–Kier alpha value is -3.53. The van der Waals surface area contributed by atoms with Crippen molar-refractivity contribution in [3.8, 4) is 0 Å². The second-order valence-corrected chi connectivity index (χ2v) is 10.4. The Morgan fingerprint density at radius 2 is 1.86 bits per heavy atom. The summed E-state index contributed by atoms with van der Waals surface area (Å²) in [5.41, 5.74) is 7.58. The zero-order valence-corrected chi connectivity index (χ0v) is 20.9. The van der Waals surface area contributed by atoms with Gasteiger partial charge in [0.2, 0.25) is 11.8 Å². The molecule has 0 bridgehead atoms. The number of likely N-dealkylation sites (tertiary alicyclic amines) is 1. The number of nitrogens with zero attached hydrogens (tertiary/aromatic N) is 3. The van der Waals surface area contributed by atoms with Crippen LogP contribution in [-0.4, -0.2) is 77.9 Å². The molecular formula is C27H34N6O4. The molecule has 4 N–H and O–H groups in total. The van der Waals surface area contributed by atoms with E-state index >= 15 is 0 Å². The molecule has 1 aliphatic carbocycles. The highest BCUT2D eigenvalue weighted by molar-refractivity contribution is 6.25. The minimum Gasteiger partial charge on any atom is -0.404 e. The van der Waals surface area contributed by atoms with Gasteiger partial charge in [-0.05, 0) is 50.2 Å².